The molecule has 1 aliphatic rings. The van der Waals surface area contributed by atoms with Crippen LogP contribution in [0.25, 0.3) is 0 Å². The number of nitrogens with one attached hydrogen (secondary N) is 2. The highest BCUT2D eigenvalue weighted by molar-refractivity contribution is 6.35. The van der Waals surface area contributed by atoms with E-state index in [1.165, 1.54) is 5.56 Å². The smallest absolute Gasteiger partial charge is 0.0967 e. The van der Waals surface area contributed by atoms with Crippen molar-refractivity contribution in [1.29, 1.82) is 0 Å². The molecular formula is C14H13Cl2N3. The van der Waals surface area contributed by atoms with E-state index in [0.717, 1.165) is 22.6 Å². The first-order valence-corrected chi connectivity index (χ1v) is 6.76. The highest BCUT2D eigenvalue weighted by Gasteiger charge is 2.28. The average molecular weight is 294 g/mol. The van der Waals surface area contributed by atoms with Gasteiger partial charge in [0.2, 0.25) is 0 Å². The number of fused-ring (bicyclic) bond motifs is 1. The van der Waals surface area contributed by atoms with Crippen LogP contribution in [-0.4, -0.2) is 4.98 Å². The van der Waals surface area contributed by atoms with Crippen LogP contribution in [0.2, 0.25) is 10.0 Å². The van der Waals surface area contributed by atoms with E-state index in [1.807, 2.05) is 19.1 Å². The van der Waals surface area contributed by atoms with Gasteiger partial charge in [-0.2, -0.15) is 0 Å². The normalized spacial score (nSPS) is 17.2. The Hall–Kier alpha value is -1.29. The molecule has 19 heavy (non-hydrogen) atoms. The lowest BCUT2D eigenvalue weighted by atomic mass is 10.0. The van der Waals surface area contributed by atoms with E-state index in [0.29, 0.717) is 10.0 Å². The summed E-state index contributed by atoms with van der Waals surface area (Å²) in [5.41, 5.74) is 11.5. The van der Waals surface area contributed by atoms with Crippen LogP contribution in [0.1, 0.15) is 28.6 Å². The lowest BCUT2D eigenvalue weighted by molar-refractivity contribution is 0.710. The van der Waals surface area contributed by atoms with Gasteiger partial charge in [0.25, 0.3) is 0 Å². The minimum absolute atomic E-state index is 0.0571. The first-order chi connectivity index (χ1) is 9.06. The summed E-state index contributed by atoms with van der Waals surface area (Å²) in [4.78, 5) is 4.62. The molecule has 1 unspecified atom stereocenters. The second-order valence-corrected chi connectivity index (χ2v) is 5.55. The van der Waals surface area contributed by atoms with Gasteiger partial charge in [-0.25, -0.2) is 5.43 Å². The Morgan fingerprint density at radius 1 is 1.16 bits per heavy atom. The zero-order valence-corrected chi connectivity index (χ0v) is 12.1. The first-order valence-electron chi connectivity index (χ1n) is 6.01. The molecule has 2 aromatic rings. The van der Waals surface area contributed by atoms with E-state index in [9.17, 15) is 0 Å². The van der Waals surface area contributed by atoms with Crippen molar-refractivity contribution in [3.63, 3.8) is 0 Å². The van der Waals surface area contributed by atoms with E-state index in [4.69, 9.17) is 23.2 Å². The number of hydrogen-bond donors (Lipinski definition) is 2. The van der Waals surface area contributed by atoms with Crippen LogP contribution in [0.3, 0.4) is 0 Å². The Morgan fingerprint density at radius 2 is 1.95 bits per heavy atom. The average Bonchev–Trinajstić information content (AvgIpc) is 2.73. The van der Waals surface area contributed by atoms with Gasteiger partial charge in [-0.15, -0.1) is 0 Å². The largest absolute Gasteiger partial charge is 0.318 e. The molecule has 5 heteroatoms. The lowest BCUT2D eigenvalue weighted by Gasteiger charge is -2.13. The number of nitrogens with zero attached hydrogens (tertiary/aromatic N) is 1. The molecule has 2 N–H and O–H groups in total. The molecule has 3 rings (SSSR count). The molecule has 2 heterocycles. The van der Waals surface area contributed by atoms with Crippen LogP contribution in [-0.2, 0) is 0 Å². The molecule has 0 bridgehead atoms. The van der Waals surface area contributed by atoms with Crippen LogP contribution in [0.4, 0.5) is 5.69 Å². The fourth-order valence-electron chi connectivity index (χ4n) is 2.41. The van der Waals surface area contributed by atoms with Crippen molar-refractivity contribution >= 4 is 28.9 Å². The first kappa shape index (κ1) is 12.7. The molecule has 3 nitrogen and oxygen atoms in total. The number of anilines is 1. The SMILES string of the molecule is Cc1cc(C)c2c(n1)C(c1ccc(Cl)cc1Cl)NN2. The zero-order chi connectivity index (χ0) is 13.6. The number of hydrazine groups is 1. The van der Waals surface area contributed by atoms with Crippen molar-refractivity contribution in [3.05, 3.63) is 56.8 Å². The third-order valence-electron chi connectivity index (χ3n) is 3.26. The van der Waals surface area contributed by atoms with Crippen molar-refractivity contribution in [2.75, 3.05) is 5.43 Å². The number of aryl methyl sites for hydroxylation is 2. The maximum atomic E-state index is 6.28. The van der Waals surface area contributed by atoms with Crippen molar-refractivity contribution in [2.45, 2.75) is 19.9 Å². The van der Waals surface area contributed by atoms with Crippen molar-refractivity contribution in [2.24, 2.45) is 0 Å². The molecule has 98 valence electrons. The second kappa shape index (κ2) is 4.67. The van der Waals surface area contributed by atoms with Gasteiger partial charge in [-0.05, 0) is 43.2 Å². The summed E-state index contributed by atoms with van der Waals surface area (Å²) in [6, 6.07) is 7.52. The van der Waals surface area contributed by atoms with Crippen LogP contribution in [0, 0.1) is 13.8 Å². The minimum Gasteiger partial charge on any atom is -0.318 e. The Labute approximate surface area is 121 Å². The lowest BCUT2D eigenvalue weighted by Crippen LogP contribution is -2.20. The molecule has 1 atom stereocenters. The second-order valence-electron chi connectivity index (χ2n) is 4.71. The van der Waals surface area contributed by atoms with Gasteiger partial charge >= 0.3 is 0 Å². The molecule has 1 aromatic heterocycles. The summed E-state index contributed by atoms with van der Waals surface area (Å²) < 4.78 is 0. The van der Waals surface area contributed by atoms with Crippen molar-refractivity contribution in [3.8, 4) is 0 Å². The van der Waals surface area contributed by atoms with E-state index in [1.54, 1.807) is 6.07 Å². The Balaban J connectivity index is 2.11. The number of halogens is 2. The van der Waals surface area contributed by atoms with Crippen LogP contribution >= 0.6 is 23.2 Å². The monoisotopic (exact) mass is 293 g/mol. The third-order valence-corrected chi connectivity index (χ3v) is 3.82. The quantitative estimate of drug-likeness (QED) is 0.834. The summed E-state index contributed by atoms with van der Waals surface area (Å²) >= 11 is 12.2. The Morgan fingerprint density at radius 3 is 2.68 bits per heavy atom. The number of pyridine rings is 1. The number of aromatic nitrogens is 1. The minimum atomic E-state index is -0.0571. The predicted octanol–water partition coefficient (Wildman–Crippen LogP) is 4.02. The van der Waals surface area contributed by atoms with Gasteiger partial charge < -0.3 is 5.43 Å². The summed E-state index contributed by atoms with van der Waals surface area (Å²) in [7, 11) is 0. The van der Waals surface area contributed by atoms with Crippen LogP contribution < -0.4 is 10.9 Å². The van der Waals surface area contributed by atoms with Crippen molar-refractivity contribution < 1.29 is 0 Å². The molecule has 1 aliphatic heterocycles. The summed E-state index contributed by atoms with van der Waals surface area (Å²) in [5, 5.41) is 1.27. The molecule has 0 fully saturated rings. The van der Waals surface area contributed by atoms with Gasteiger partial charge in [0.05, 0.1) is 17.4 Å². The fourth-order valence-corrected chi connectivity index (χ4v) is 2.93. The van der Waals surface area contributed by atoms with Crippen LogP contribution in [0.5, 0.6) is 0 Å². The standard InChI is InChI=1S/C14H13Cl2N3/c1-7-5-8(2)17-14-12(7)18-19-13(14)10-4-3-9(15)6-11(10)16/h3-6,13,18-19H,1-2H3. The Kier molecular flexibility index (Phi) is 3.13. The molecule has 1 aromatic carbocycles. The van der Waals surface area contributed by atoms with E-state index >= 15 is 0 Å². The molecule has 0 saturated heterocycles. The zero-order valence-electron chi connectivity index (χ0n) is 10.6. The molecule has 0 spiro atoms. The van der Waals surface area contributed by atoms with Gasteiger partial charge in [-0.3, -0.25) is 4.98 Å². The van der Waals surface area contributed by atoms with Gasteiger partial charge in [0.15, 0.2) is 0 Å². The molecule has 0 amide bonds. The summed E-state index contributed by atoms with van der Waals surface area (Å²) in [5.74, 6) is 0. The van der Waals surface area contributed by atoms with Gasteiger partial charge in [0, 0.05) is 15.7 Å². The van der Waals surface area contributed by atoms with Crippen LogP contribution in [0.15, 0.2) is 24.3 Å². The number of rotatable bonds is 1. The maximum absolute atomic E-state index is 6.28. The Bertz CT molecular complexity index is 655. The molecule has 0 aliphatic carbocycles. The van der Waals surface area contributed by atoms with E-state index in [2.05, 4.69) is 28.8 Å². The highest BCUT2D eigenvalue weighted by Crippen LogP contribution is 2.37. The van der Waals surface area contributed by atoms with Crippen molar-refractivity contribution in [1.82, 2.24) is 10.4 Å². The molecular weight excluding hydrogens is 281 g/mol. The number of hydrogen-bond acceptors (Lipinski definition) is 3. The topological polar surface area (TPSA) is 37.0 Å². The third kappa shape index (κ3) is 2.18. The highest BCUT2D eigenvalue weighted by atomic mass is 35.5. The van der Waals surface area contributed by atoms with E-state index < -0.39 is 0 Å². The predicted molar refractivity (Wildman–Crippen MR) is 78.8 cm³/mol. The summed E-state index contributed by atoms with van der Waals surface area (Å²) in [6.07, 6.45) is 0. The van der Waals surface area contributed by atoms with Gasteiger partial charge in [0.1, 0.15) is 0 Å². The van der Waals surface area contributed by atoms with E-state index in [-0.39, 0.29) is 6.04 Å². The summed E-state index contributed by atoms with van der Waals surface area (Å²) in [6.45, 7) is 4.06. The fraction of sp³-hybridized carbons (Fsp3) is 0.214. The number of benzene rings is 1. The van der Waals surface area contributed by atoms with Gasteiger partial charge in [-0.1, -0.05) is 29.3 Å². The maximum Gasteiger partial charge on any atom is 0.0967 e. The molecule has 0 saturated carbocycles. The molecule has 0 radical (unpaired) electrons.